The van der Waals surface area contributed by atoms with Crippen LogP contribution in [-0.2, 0) is 16.6 Å². The van der Waals surface area contributed by atoms with Gasteiger partial charge in [-0.05, 0) is 12.0 Å². The zero-order valence-corrected chi connectivity index (χ0v) is 11.3. The molecule has 0 saturated heterocycles. The summed E-state index contributed by atoms with van der Waals surface area (Å²) < 4.78 is 1.64. The van der Waals surface area contributed by atoms with Crippen molar-refractivity contribution in [2.45, 2.75) is 26.3 Å². The molecule has 0 aliphatic rings. The Bertz CT molecular complexity index is 477. The molecule has 0 aliphatic heterocycles. The molecule has 6 heteroatoms. The minimum Gasteiger partial charge on any atom is -0.481 e. The maximum Gasteiger partial charge on any atom is 0.305 e. The van der Waals surface area contributed by atoms with Crippen molar-refractivity contribution in [3.63, 3.8) is 0 Å². The van der Waals surface area contributed by atoms with Crippen molar-refractivity contribution in [2.75, 3.05) is 0 Å². The van der Waals surface area contributed by atoms with Gasteiger partial charge >= 0.3 is 5.97 Å². The van der Waals surface area contributed by atoms with Crippen molar-refractivity contribution in [1.29, 1.82) is 0 Å². The van der Waals surface area contributed by atoms with Gasteiger partial charge in [0.05, 0.1) is 12.6 Å². The zero-order valence-electron chi connectivity index (χ0n) is 11.3. The van der Waals surface area contributed by atoms with Crippen LogP contribution in [0.25, 0.3) is 6.08 Å². The lowest BCUT2D eigenvalue weighted by atomic mass is 10.0. The standard InChI is InChI=1S/C13H19N3O3/c1-9(2)11(6-13(18)19)15-12(17)5-4-10-7-14-16(3)8-10/h4-5,7-9,11H,6H2,1-3H3,(H,15,17)(H,18,19)/b5-4+. The van der Waals surface area contributed by atoms with Gasteiger partial charge in [0.15, 0.2) is 0 Å². The average Bonchev–Trinajstić information content (AvgIpc) is 2.71. The largest absolute Gasteiger partial charge is 0.481 e. The van der Waals surface area contributed by atoms with Crippen LogP contribution < -0.4 is 5.32 Å². The molecular formula is C13H19N3O3. The molecule has 1 unspecified atom stereocenters. The number of hydrogen-bond acceptors (Lipinski definition) is 3. The third-order valence-electron chi connectivity index (χ3n) is 2.68. The zero-order chi connectivity index (χ0) is 14.4. The Morgan fingerprint density at radius 1 is 1.53 bits per heavy atom. The summed E-state index contributed by atoms with van der Waals surface area (Å²) in [5.74, 6) is -1.16. The molecule has 0 bridgehead atoms. The highest BCUT2D eigenvalue weighted by Crippen LogP contribution is 2.06. The first-order valence-corrected chi connectivity index (χ1v) is 6.07. The Kier molecular flexibility index (Phi) is 5.29. The van der Waals surface area contributed by atoms with E-state index in [-0.39, 0.29) is 24.3 Å². The summed E-state index contributed by atoms with van der Waals surface area (Å²) in [7, 11) is 1.79. The topological polar surface area (TPSA) is 84.2 Å². The van der Waals surface area contributed by atoms with E-state index in [1.165, 1.54) is 6.08 Å². The summed E-state index contributed by atoms with van der Waals surface area (Å²) in [5, 5.41) is 15.4. The molecule has 1 aromatic rings. The predicted molar refractivity (Wildman–Crippen MR) is 71.3 cm³/mol. The number of carbonyl (C=O) groups excluding carboxylic acids is 1. The smallest absolute Gasteiger partial charge is 0.305 e. The quantitative estimate of drug-likeness (QED) is 0.753. The number of aromatic nitrogens is 2. The van der Waals surface area contributed by atoms with Crippen LogP contribution in [0.4, 0.5) is 0 Å². The van der Waals surface area contributed by atoms with Crippen LogP contribution >= 0.6 is 0 Å². The molecule has 0 saturated carbocycles. The molecule has 0 radical (unpaired) electrons. The maximum atomic E-state index is 11.7. The van der Waals surface area contributed by atoms with Crippen LogP contribution in [0, 0.1) is 5.92 Å². The van der Waals surface area contributed by atoms with Crippen molar-refractivity contribution in [2.24, 2.45) is 13.0 Å². The van der Waals surface area contributed by atoms with E-state index in [9.17, 15) is 9.59 Å². The third kappa shape index (κ3) is 5.37. The fraction of sp³-hybridized carbons (Fsp3) is 0.462. The van der Waals surface area contributed by atoms with Gasteiger partial charge in [0.25, 0.3) is 0 Å². The number of rotatable bonds is 6. The molecule has 0 aromatic carbocycles. The predicted octanol–water partition coefficient (Wildman–Crippen LogP) is 1.05. The molecule has 19 heavy (non-hydrogen) atoms. The van der Waals surface area contributed by atoms with E-state index < -0.39 is 5.97 Å². The number of aryl methyl sites for hydroxylation is 1. The molecule has 2 N–H and O–H groups in total. The highest BCUT2D eigenvalue weighted by Gasteiger charge is 2.18. The van der Waals surface area contributed by atoms with Crippen molar-refractivity contribution in [3.8, 4) is 0 Å². The van der Waals surface area contributed by atoms with E-state index in [0.29, 0.717) is 0 Å². The van der Waals surface area contributed by atoms with Gasteiger partial charge < -0.3 is 10.4 Å². The minimum atomic E-state index is -0.921. The number of nitrogens with zero attached hydrogens (tertiary/aromatic N) is 2. The summed E-state index contributed by atoms with van der Waals surface area (Å²) in [6.45, 7) is 3.75. The van der Waals surface area contributed by atoms with E-state index >= 15 is 0 Å². The summed E-state index contributed by atoms with van der Waals surface area (Å²) in [5.41, 5.74) is 0.817. The normalized spacial score (nSPS) is 12.8. The molecule has 104 valence electrons. The fourth-order valence-corrected chi connectivity index (χ4v) is 1.57. The number of carboxylic acid groups (broad SMARTS) is 1. The molecule has 0 fully saturated rings. The first kappa shape index (κ1) is 14.9. The van der Waals surface area contributed by atoms with Gasteiger partial charge in [0, 0.05) is 30.9 Å². The van der Waals surface area contributed by atoms with Crippen LogP contribution in [0.2, 0.25) is 0 Å². The van der Waals surface area contributed by atoms with Crippen LogP contribution in [0.3, 0.4) is 0 Å². The monoisotopic (exact) mass is 265 g/mol. The molecule has 1 rings (SSSR count). The van der Waals surface area contributed by atoms with E-state index in [4.69, 9.17) is 5.11 Å². The van der Waals surface area contributed by atoms with E-state index in [1.807, 2.05) is 13.8 Å². The van der Waals surface area contributed by atoms with Gasteiger partial charge in [-0.25, -0.2) is 0 Å². The Balaban J connectivity index is 2.57. The van der Waals surface area contributed by atoms with Crippen molar-refractivity contribution < 1.29 is 14.7 Å². The second-order valence-electron chi connectivity index (χ2n) is 4.74. The van der Waals surface area contributed by atoms with Crippen LogP contribution in [0.5, 0.6) is 0 Å². The number of aliphatic carboxylic acids is 1. The number of amides is 1. The molecule has 1 heterocycles. The lowest BCUT2D eigenvalue weighted by Crippen LogP contribution is -2.39. The molecule has 0 aliphatic carbocycles. The van der Waals surface area contributed by atoms with Crippen molar-refractivity contribution in [3.05, 3.63) is 24.0 Å². The molecule has 1 atom stereocenters. The molecule has 1 amide bonds. The molecule has 6 nitrogen and oxygen atoms in total. The second kappa shape index (κ2) is 6.72. The van der Waals surface area contributed by atoms with Gasteiger partial charge in [-0.3, -0.25) is 14.3 Å². The number of nitrogens with one attached hydrogen (secondary N) is 1. The number of carboxylic acids is 1. The van der Waals surface area contributed by atoms with Crippen LogP contribution in [0.1, 0.15) is 25.8 Å². The van der Waals surface area contributed by atoms with E-state index in [1.54, 1.807) is 30.2 Å². The average molecular weight is 265 g/mol. The first-order valence-electron chi connectivity index (χ1n) is 6.07. The highest BCUT2D eigenvalue weighted by molar-refractivity contribution is 5.92. The fourth-order valence-electron chi connectivity index (χ4n) is 1.57. The van der Waals surface area contributed by atoms with Gasteiger partial charge in [-0.2, -0.15) is 5.10 Å². The summed E-state index contributed by atoms with van der Waals surface area (Å²) in [6.07, 6.45) is 6.36. The van der Waals surface area contributed by atoms with E-state index in [2.05, 4.69) is 10.4 Å². The molecule has 1 aromatic heterocycles. The molecular weight excluding hydrogens is 246 g/mol. The van der Waals surface area contributed by atoms with E-state index in [0.717, 1.165) is 5.56 Å². The summed E-state index contributed by atoms with van der Waals surface area (Å²) >= 11 is 0. The van der Waals surface area contributed by atoms with Crippen LogP contribution in [-0.4, -0.2) is 32.8 Å². The van der Waals surface area contributed by atoms with Gasteiger partial charge in [0.1, 0.15) is 0 Å². The lowest BCUT2D eigenvalue weighted by Gasteiger charge is -2.19. The van der Waals surface area contributed by atoms with Gasteiger partial charge in [-0.15, -0.1) is 0 Å². The minimum absolute atomic E-state index is 0.0619. The third-order valence-corrected chi connectivity index (χ3v) is 2.68. The van der Waals surface area contributed by atoms with Crippen molar-refractivity contribution >= 4 is 18.0 Å². The summed E-state index contributed by atoms with van der Waals surface area (Å²) in [4.78, 5) is 22.4. The summed E-state index contributed by atoms with van der Waals surface area (Å²) in [6, 6.07) is -0.372. The Morgan fingerprint density at radius 2 is 2.21 bits per heavy atom. The first-order chi connectivity index (χ1) is 8.88. The van der Waals surface area contributed by atoms with Crippen LogP contribution in [0.15, 0.2) is 18.5 Å². The van der Waals surface area contributed by atoms with Gasteiger partial charge in [-0.1, -0.05) is 13.8 Å². The Hall–Kier alpha value is -2.11. The highest BCUT2D eigenvalue weighted by atomic mass is 16.4. The maximum absolute atomic E-state index is 11.7. The number of hydrogen-bond donors (Lipinski definition) is 2. The second-order valence-corrected chi connectivity index (χ2v) is 4.74. The Morgan fingerprint density at radius 3 is 2.68 bits per heavy atom. The Labute approximate surface area is 112 Å². The number of carbonyl (C=O) groups is 2. The molecule has 0 spiro atoms. The van der Waals surface area contributed by atoms with Crippen molar-refractivity contribution in [1.82, 2.24) is 15.1 Å². The van der Waals surface area contributed by atoms with Gasteiger partial charge in [0.2, 0.25) is 5.91 Å². The SMILES string of the molecule is CC(C)C(CC(=O)O)NC(=O)/C=C/c1cnn(C)c1. The lowest BCUT2D eigenvalue weighted by molar-refractivity contribution is -0.138.